The van der Waals surface area contributed by atoms with Crippen molar-refractivity contribution in [3.8, 4) is 22.6 Å². The first-order valence-corrected chi connectivity index (χ1v) is 11.6. The highest BCUT2D eigenvalue weighted by Crippen LogP contribution is 2.40. The van der Waals surface area contributed by atoms with Crippen LogP contribution < -0.4 is 15.5 Å². The highest BCUT2D eigenvalue weighted by molar-refractivity contribution is 6.41. The standard InChI is InChI=1S/C27H23B2N3O3/c1-27(2)13-25(34)30-20-7-4-15(10-19(20)27)14-3-6-17-18(9-14)22(33)12-24-26(17)31-21-8-5-16(32(28)29)11-23(21)35-24/h3-12H,13,28-29H2,1-2H3,(H,30,34). The maximum absolute atomic E-state index is 13.1. The van der Waals surface area contributed by atoms with Crippen molar-refractivity contribution in [1.82, 2.24) is 4.98 Å². The molecule has 6 rings (SSSR count). The fourth-order valence-corrected chi connectivity index (χ4v) is 5.00. The van der Waals surface area contributed by atoms with E-state index in [1.165, 1.54) is 6.07 Å². The number of hydrogen-bond donors (Lipinski definition) is 1. The molecule has 2 heterocycles. The van der Waals surface area contributed by atoms with Crippen molar-refractivity contribution >= 4 is 55.1 Å². The zero-order valence-corrected chi connectivity index (χ0v) is 20.1. The third-order valence-corrected chi connectivity index (χ3v) is 6.91. The molecule has 8 heteroatoms. The van der Waals surface area contributed by atoms with Crippen molar-refractivity contribution in [2.45, 2.75) is 25.7 Å². The first-order valence-electron chi connectivity index (χ1n) is 11.6. The summed E-state index contributed by atoms with van der Waals surface area (Å²) in [5, 5.41) is 4.34. The molecule has 0 saturated heterocycles. The number of anilines is 2. The van der Waals surface area contributed by atoms with Crippen molar-refractivity contribution in [3.63, 3.8) is 0 Å². The van der Waals surface area contributed by atoms with Gasteiger partial charge >= 0.3 is 0 Å². The van der Waals surface area contributed by atoms with Crippen LogP contribution in [0, 0.1) is 0 Å². The number of carbonyl (C=O) groups excluding carboxylic acids is 1. The summed E-state index contributed by atoms with van der Waals surface area (Å²) in [7, 11) is 3.94. The predicted molar refractivity (Wildman–Crippen MR) is 146 cm³/mol. The second kappa shape index (κ2) is 7.47. The SMILES string of the molecule is BN(B)c1ccc2nc3c4ccc(-c5ccc6c(c5)C(C)(C)CC(=O)N6)cc4c(=O)cc-3oc2c1. The molecule has 0 saturated carbocycles. The van der Waals surface area contributed by atoms with Crippen LogP contribution in [0.4, 0.5) is 11.4 Å². The van der Waals surface area contributed by atoms with Gasteiger partial charge in [-0.2, -0.15) is 0 Å². The molecule has 0 radical (unpaired) electrons. The fourth-order valence-electron chi connectivity index (χ4n) is 5.00. The topological polar surface area (TPSA) is 75.4 Å². The third kappa shape index (κ3) is 3.48. The molecular formula is C27H23B2N3O3. The first-order chi connectivity index (χ1) is 16.7. The summed E-state index contributed by atoms with van der Waals surface area (Å²) in [6.07, 6.45) is 0.442. The maximum Gasteiger partial charge on any atom is 0.225 e. The van der Waals surface area contributed by atoms with Crippen molar-refractivity contribution in [3.05, 3.63) is 76.5 Å². The number of hydrogen-bond acceptors (Lipinski definition) is 5. The number of rotatable bonds is 2. The number of aromatic nitrogens is 1. The van der Waals surface area contributed by atoms with Crippen LogP contribution in [0.1, 0.15) is 25.8 Å². The first kappa shape index (κ1) is 21.5. The van der Waals surface area contributed by atoms with Crippen LogP contribution in [0.3, 0.4) is 0 Å². The molecule has 3 aromatic rings. The number of fused-ring (bicyclic) bond motifs is 5. The molecule has 0 atom stereocenters. The summed E-state index contributed by atoms with van der Waals surface area (Å²) >= 11 is 0. The Hall–Kier alpha value is -4.06. The van der Waals surface area contributed by atoms with Crippen LogP contribution in [0.25, 0.3) is 44.5 Å². The van der Waals surface area contributed by atoms with Gasteiger partial charge in [0, 0.05) is 46.1 Å². The van der Waals surface area contributed by atoms with E-state index in [1.54, 1.807) is 0 Å². The maximum atomic E-state index is 13.1. The zero-order valence-electron chi connectivity index (χ0n) is 20.1. The second-order valence-corrected chi connectivity index (χ2v) is 10.1. The lowest BCUT2D eigenvalue weighted by Gasteiger charge is -2.32. The Bertz CT molecular complexity index is 1710. The Kier molecular flexibility index (Phi) is 4.58. The molecule has 0 spiro atoms. The van der Waals surface area contributed by atoms with Crippen molar-refractivity contribution in [2.24, 2.45) is 0 Å². The van der Waals surface area contributed by atoms with Gasteiger partial charge in [-0.25, -0.2) is 4.98 Å². The van der Waals surface area contributed by atoms with Crippen molar-refractivity contribution < 1.29 is 9.21 Å². The van der Waals surface area contributed by atoms with Crippen LogP contribution in [-0.4, -0.2) is 26.9 Å². The predicted octanol–water partition coefficient (Wildman–Crippen LogP) is 3.64. The molecule has 3 aliphatic rings. The minimum atomic E-state index is -0.261. The number of benzene rings is 4. The summed E-state index contributed by atoms with van der Waals surface area (Å²) in [6.45, 7) is 4.16. The second-order valence-electron chi connectivity index (χ2n) is 10.1. The minimum absolute atomic E-state index is 0.0345. The minimum Gasteiger partial charge on any atom is -0.472 e. The van der Waals surface area contributed by atoms with E-state index in [9.17, 15) is 9.59 Å². The van der Waals surface area contributed by atoms with Crippen LogP contribution >= 0.6 is 0 Å². The van der Waals surface area contributed by atoms with Crippen LogP contribution in [0.5, 0.6) is 0 Å². The van der Waals surface area contributed by atoms with E-state index in [4.69, 9.17) is 9.40 Å². The van der Waals surface area contributed by atoms with E-state index in [2.05, 4.69) is 25.2 Å². The van der Waals surface area contributed by atoms with Gasteiger partial charge in [0.2, 0.25) is 21.9 Å². The highest BCUT2D eigenvalue weighted by atomic mass is 16.3. The zero-order chi connectivity index (χ0) is 24.5. The summed E-state index contributed by atoms with van der Waals surface area (Å²) < 4.78 is 8.11. The van der Waals surface area contributed by atoms with Crippen molar-refractivity contribution in [2.75, 3.05) is 10.0 Å². The summed E-state index contributed by atoms with van der Waals surface area (Å²) in [5.74, 6) is 0.511. The molecular weight excluding hydrogens is 436 g/mol. The van der Waals surface area contributed by atoms with Gasteiger partial charge < -0.3 is 14.5 Å². The summed E-state index contributed by atoms with van der Waals surface area (Å²) in [4.78, 5) is 30.0. The lowest BCUT2D eigenvalue weighted by Crippen LogP contribution is -2.32. The Morgan fingerprint density at radius 3 is 2.51 bits per heavy atom. The molecule has 170 valence electrons. The van der Waals surface area contributed by atoms with Gasteiger partial charge in [0.15, 0.2) is 16.8 Å². The van der Waals surface area contributed by atoms with Crippen LogP contribution in [0.2, 0.25) is 0 Å². The Morgan fingerprint density at radius 1 is 0.943 bits per heavy atom. The Labute approximate surface area is 204 Å². The molecule has 1 aliphatic carbocycles. The van der Waals surface area contributed by atoms with Crippen LogP contribution in [0.15, 0.2) is 69.9 Å². The summed E-state index contributed by atoms with van der Waals surface area (Å²) in [6, 6.07) is 19.3. The average molecular weight is 459 g/mol. The monoisotopic (exact) mass is 459 g/mol. The number of nitrogens with zero attached hydrogens (tertiary/aromatic N) is 2. The lowest BCUT2D eigenvalue weighted by atomic mass is 9.77. The van der Waals surface area contributed by atoms with E-state index >= 15 is 0 Å². The molecule has 1 amide bonds. The molecule has 2 aliphatic heterocycles. The van der Waals surface area contributed by atoms with E-state index < -0.39 is 0 Å². The van der Waals surface area contributed by atoms with Gasteiger partial charge in [-0.1, -0.05) is 32.0 Å². The van der Waals surface area contributed by atoms with E-state index in [0.29, 0.717) is 28.8 Å². The summed E-state index contributed by atoms with van der Waals surface area (Å²) in [5.41, 5.74) is 6.58. The van der Waals surface area contributed by atoms with Gasteiger partial charge in [0.1, 0.15) is 11.2 Å². The molecule has 0 aromatic heterocycles. The lowest BCUT2D eigenvalue weighted by molar-refractivity contribution is -0.117. The molecule has 3 aromatic carbocycles. The molecule has 0 bridgehead atoms. The quantitative estimate of drug-likeness (QED) is 0.248. The van der Waals surface area contributed by atoms with E-state index in [1.807, 2.05) is 69.2 Å². The highest BCUT2D eigenvalue weighted by Gasteiger charge is 2.32. The Morgan fingerprint density at radius 2 is 1.71 bits per heavy atom. The van der Waals surface area contributed by atoms with E-state index in [0.717, 1.165) is 39.0 Å². The average Bonchev–Trinajstić information content (AvgIpc) is 2.82. The number of nitrogens with one attached hydrogen (secondary N) is 1. The fraction of sp³-hybridized carbons (Fsp3) is 0.148. The van der Waals surface area contributed by atoms with Gasteiger partial charge in [0.25, 0.3) is 0 Å². The van der Waals surface area contributed by atoms with Gasteiger partial charge in [-0.05, 0) is 47.0 Å². The smallest absolute Gasteiger partial charge is 0.225 e. The van der Waals surface area contributed by atoms with Crippen molar-refractivity contribution in [1.29, 1.82) is 0 Å². The Balaban J connectivity index is 1.51. The molecule has 35 heavy (non-hydrogen) atoms. The third-order valence-electron chi connectivity index (χ3n) is 6.91. The van der Waals surface area contributed by atoms with Gasteiger partial charge in [0.05, 0.1) is 0 Å². The molecule has 6 nitrogen and oxygen atoms in total. The van der Waals surface area contributed by atoms with Gasteiger partial charge in [-0.15, -0.1) is 0 Å². The molecule has 0 unspecified atom stereocenters. The molecule has 0 fully saturated rings. The number of carbonyl (C=O) groups is 1. The van der Waals surface area contributed by atoms with Gasteiger partial charge in [-0.3, -0.25) is 9.59 Å². The van der Waals surface area contributed by atoms with E-state index in [-0.39, 0.29) is 16.8 Å². The molecule has 1 N–H and O–H groups in total. The van der Waals surface area contributed by atoms with Crippen LogP contribution in [-0.2, 0) is 10.2 Å². The normalized spacial score (nSPS) is 14.7. The number of amides is 1. The largest absolute Gasteiger partial charge is 0.472 e.